The SMILES string of the molecule is CC1CN(C(=O)c2cc3ccsc3n2Cc2ccccc2F)CCN1C(=O)Nc1ccc(C(F)(F)F)cc1. The predicted octanol–water partition coefficient (Wildman–Crippen LogP) is 6.29. The zero-order valence-corrected chi connectivity index (χ0v) is 21.2. The summed E-state index contributed by atoms with van der Waals surface area (Å²) < 4.78 is 54.6. The molecule has 0 saturated carbocycles. The second kappa shape index (κ2) is 10.1. The number of nitrogens with one attached hydrogen (secondary N) is 1. The van der Waals surface area contributed by atoms with Crippen LogP contribution in [-0.2, 0) is 12.7 Å². The van der Waals surface area contributed by atoms with E-state index >= 15 is 0 Å². The highest BCUT2D eigenvalue weighted by Crippen LogP contribution is 2.30. The van der Waals surface area contributed by atoms with Gasteiger partial charge in [0, 0.05) is 42.3 Å². The molecule has 38 heavy (non-hydrogen) atoms. The molecule has 6 nitrogen and oxygen atoms in total. The molecule has 198 valence electrons. The number of rotatable bonds is 4. The molecule has 1 aliphatic rings. The molecule has 1 atom stereocenters. The minimum Gasteiger partial charge on any atom is -0.334 e. The summed E-state index contributed by atoms with van der Waals surface area (Å²) in [6.07, 6.45) is -4.45. The van der Waals surface area contributed by atoms with Crippen LogP contribution >= 0.6 is 11.3 Å². The molecule has 3 heterocycles. The van der Waals surface area contributed by atoms with Gasteiger partial charge >= 0.3 is 12.2 Å². The summed E-state index contributed by atoms with van der Waals surface area (Å²) in [4.78, 5) is 30.5. The number of alkyl halides is 3. The maximum atomic E-state index is 14.4. The van der Waals surface area contributed by atoms with Crippen molar-refractivity contribution in [1.82, 2.24) is 14.4 Å². The molecule has 5 rings (SSSR count). The normalized spacial score (nSPS) is 16.2. The van der Waals surface area contributed by atoms with Gasteiger partial charge in [-0.15, -0.1) is 11.3 Å². The van der Waals surface area contributed by atoms with Crippen LogP contribution in [0.1, 0.15) is 28.5 Å². The summed E-state index contributed by atoms with van der Waals surface area (Å²) in [6.45, 7) is 2.83. The van der Waals surface area contributed by atoms with Gasteiger partial charge in [0.15, 0.2) is 0 Å². The van der Waals surface area contributed by atoms with Crippen LogP contribution in [0.2, 0.25) is 0 Å². The summed E-state index contributed by atoms with van der Waals surface area (Å²) in [7, 11) is 0. The number of hydrogen-bond acceptors (Lipinski definition) is 3. The van der Waals surface area contributed by atoms with Gasteiger partial charge in [-0.05, 0) is 54.8 Å². The zero-order valence-electron chi connectivity index (χ0n) is 20.3. The maximum absolute atomic E-state index is 14.4. The molecule has 1 fully saturated rings. The van der Waals surface area contributed by atoms with Crippen molar-refractivity contribution >= 4 is 39.2 Å². The lowest BCUT2D eigenvalue weighted by Gasteiger charge is -2.39. The van der Waals surface area contributed by atoms with E-state index in [2.05, 4.69) is 5.32 Å². The fourth-order valence-electron chi connectivity index (χ4n) is 4.65. The molecular weight excluding hydrogens is 520 g/mol. The van der Waals surface area contributed by atoms with Crippen molar-refractivity contribution < 1.29 is 27.2 Å². The van der Waals surface area contributed by atoms with Crippen LogP contribution in [-0.4, -0.2) is 52.0 Å². The van der Waals surface area contributed by atoms with Crippen LogP contribution in [0, 0.1) is 5.82 Å². The molecule has 1 saturated heterocycles. The van der Waals surface area contributed by atoms with Gasteiger partial charge in [-0.1, -0.05) is 18.2 Å². The largest absolute Gasteiger partial charge is 0.416 e. The van der Waals surface area contributed by atoms with Crippen molar-refractivity contribution in [2.75, 3.05) is 25.0 Å². The smallest absolute Gasteiger partial charge is 0.334 e. The Balaban J connectivity index is 1.28. The minimum atomic E-state index is -4.45. The topological polar surface area (TPSA) is 57.6 Å². The monoisotopic (exact) mass is 544 g/mol. The predicted molar refractivity (Wildman–Crippen MR) is 138 cm³/mol. The first-order valence-electron chi connectivity index (χ1n) is 12.0. The Morgan fingerprint density at radius 3 is 2.47 bits per heavy atom. The van der Waals surface area contributed by atoms with Crippen LogP contribution in [0.15, 0.2) is 66.0 Å². The minimum absolute atomic E-state index is 0.209. The van der Waals surface area contributed by atoms with Crippen molar-refractivity contribution in [1.29, 1.82) is 0 Å². The first-order chi connectivity index (χ1) is 18.1. The lowest BCUT2D eigenvalue weighted by atomic mass is 10.1. The lowest BCUT2D eigenvalue weighted by molar-refractivity contribution is -0.137. The number of carbonyl (C=O) groups is 2. The van der Waals surface area contributed by atoms with Crippen molar-refractivity contribution in [3.63, 3.8) is 0 Å². The number of thiophene rings is 1. The molecule has 0 radical (unpaired) electrons. The standard InChI is InChI=1S/C27H24F4N4O2S/c1-17-15-33(11-12-34(17)26(37)32-21-8-6-20(7-9-21)27(29,30)31)24(36)23-14-18-10-13-38-25(18)35(23)16-19-4-2-3-5-22(19)28/h2-10,13-14,17H,11-12,15-16H2,1H3,(H,32,37). The Morgan fingerprint density at radius 1 is 1.05 bits per heavy atom. The number of amides is 3. The molecule has 0 bridgehead atoms. The Morgan fingerprint density at radius 2 is 1.79 bits per heavy atom. The Kier molecular flexibility index (Phi) is 6.87. The Labute approximate surface area is 220 Å². The molecule has 2 aromatic heterocycles. The van der Waals surface area contributed by atoms with Crippen LogP contribution in [0.25, 0.3) is 10.2 Å². The summed E-state index contributed by atoms with van der Waals surface area (Å²) in [5.74, 6) is -0.551. The molecule has 1 N–H and O–H groups in total. The quantitative estimate of drug-likeness (QED) is 0.307. The first-order valence-corrected chi connectivity index (χ1v) is 12.8. The van der Waals surface area contributed by atoms with E-state index in [9.17, 15) is 27.2 Å². The number of aromatic nitrogens is 1. The summed E-state index contributed by atoms with van der Waals surface area (Å²) in [5.41, 5.74) is 0.380. The number of nitrogens with zero attached hydrogens (tertiary/aromatic N) is 3. The number of hydrogen-bond donors (Lipinski definition) is 1. The second-order valence-corrected chi connectivity index (χ2v) is 10.1. The third-order valence-electron chi connectivity index (χ3n) is 6.65. The van der Waals surface area contributed by atoms with Gasteiger partial charge in [-0.3, -0.25) is 4.79 Å². The Hall–Kier alpha value is -3.86. The highest BCUT2D eigenvalue weighted by Gasteiger charge is 2.33. The molecule has 2 aromatic carbocycles. The van der Waals surface area contributed by atoms with Gasteiger partial charge in [0.2, 0.25) is 0 Å². The van der Waals surface area contributed by atoms with E-state index in [0.29, 0.717) is 11.3 Å². The highest BCUT2D eigenvalue weighted by molar-refractivity contribution is 7.16. The van der Waals surface area contributed by atoms with Gasteiger partial charge < -0.3 is 19.7 Å². The number of piperazine rings is 1. The van der Waals surface area contributed by atoms with Crippen LogP contribution in [0.4, 0.5) is 28.0 Å². The third kappa shape index (κ3) is 5.10. The van der Waals surface area contributed by atoms with Crippen molar-refractivity contribution in [2.24, 2.45) is 0 Å². The van der Waals surface area contributed by atoms with Crippen molar-refractivity contribution in [3.05, 3.63) is 88.7 Å². The van der Waals surface area contributed by atoms with Gasteiger partial charge in [0.1, 0.15) is 16.3 Å². The van der Waals surface area contributed by atoms with Crippen molar-refractivity contribution in [3.8, 4) is 0 Å². The average molecular weight is 545 g/mol. The van der Waals surface area contributed by atoms with Gasteiger partial charge in [-0.2, -0.15) is 13.2 Å². The van der Waals surface area contributed by atoms with Gasteiger partial charge in [0.25, 0.3) is 5.91 Å². The number of benzene rings is 2. The second-order valence-electron chi connectivity index (χ2n) is 9.19. The average Bonchev–Trinajstić information content (AvgIpc) is 3.47. The zero-order chi connectivity index (χ0) is 27.0. The number of anilines is 1. The highest BCUT2D eigenvalue weighted by atomic mass is 32.1. The van der Waals surface area contributed by atoms with E-state index in [1.54, 1.807) is 28.0 Å². The fourth-order valence-corrected chi connectivity index (χ4v) is 5.55. The number of carbonyl (C=O) groups excluding carboxylic acids is 2. The van der Waals surface area contributed by atoms with Crippen molar-refractivity contribution in [2.45, 2.75) is 25.7 Å². The fraction of sp³-hybridized carbons (Fsp3) is 0.259. The van der Waals surface area contributed by atoms with E-state index in [0.717, 1.165) is 22.3 Å². The summed E-state index contributed by atoms with van der Waals surface area (Å²) in [6, 6.07) is 13.6. The van der Waals surface area contributed by atoms with Crippen LogP contribution in [0.5, 0.6) is 0 Å². The summed E-state index contributed by atoms with van der Waals surface area (Å²) >= 11 is 1.48. The van der Waals surface area contributed by atoms with E-state index in [-0.39, 0.29) is 49.6 Å². The summed E-state index contributed by atoms with van der Waals surface area (Å²) in [5, 5.41) is 5.45. The number of halogens is 4. The van der Waals surface area contributed by atoms with E-state index in [1.807, 2.05) is 29.0 Å². The van der Waals surface area contributed by atoms with E-state index < -0.39 is 17.8 Å². The van der Waals surface area contributed by atoms with Gasteiger partial charge in [0.05, 0.1) is 12.1 Å². The van der Waals surface area contributed by atoms with Gasteiger partial charge in [-0.25, -0.2) is 9.18 Å². The molecule has 0 spiro atoms. The lowest BCUT2D eigenvalue weighted by Crippen LogP contribution is -2.56. The first kappa shape index (κ1) is 25.8. The molecule has 11 heteroatoms. The molecule has 1 unspecified atom stereocenters. The number of urea groups is 1. The van der Waals surface area contributed by atoms with Crippen LogP contribution in [0.3, 0.4) is 0 Å². The molecule has 3 amide bonds. The van der Waals surface area contributed by atoms with Crippen LogP contribution < -0.4 is 5.32 Å². The molecule has 1 aliphatic heterocycles. The molecular formula is C27H24F4N4O2S. The third-order valence-corrected chi connectivity index (χ3v) is 7.60. The molecule has 0 aliphatic carbocycles. The van der Waals surface area contributed by atoms with E-state index in [1.165, 1.54) is 29.5 Å². The molecule has 4 aromatic rings. The Bertz CT molecular complexity index is 1480. The number of fused-ring (bicyclic) bond motifs is 1. The van der Waals surface area contributed by atoms with E-state index in [4.69, 9.17) is 0 Å². The maximum Gasteiger partial charge on any atom is 0.416 e.